The molecule has 0 unspecified atom stereocenters. The van der Waals surface area contributed by atoms with Gasteiger partial charge in [0.1, 0.15) is 11.5 Å². The molecule has 0 spiro atoms. The van der Waals surface area contributed by atoms with Crippen molar-refractivity contribution >= 4 is 46.8 Å². The largest absolute Gasteiger partial charge is 0.497 e. The van der Waals surface area contributed by atoms with Crippen LogP contribution in [-0.2, 0) is 27.2 Å². The Bertz CT molecular complexity index is 1530. The summed E-state index contributed by atoms with van der Waals surface area (Å²) in [4.78, 5) is 21.5. The molecule has 4 aromatic rings. The Morgan fingerprint density at radius 3 is 1.45 bits per heavy atom. The molecule has 4 rings (SSSR count). The molecule has 0 aliphatic carbocycles. The Morgan fingerprint density at radius 2 is 1.07 bits per heavy atom. The minimum Gasteiger partial charge on any atom is -0.497 e. The summed E-state index contributed by atoms with van der Waals surface area (Å²) in [6.45, 7) is 0.422. The van der Waals surface area contributed by atoms with Crippen molar-refractivity contribution in [1.82, 2.24) is 0 Å². The second kappa shape index (κ2) is 18.2. The van der Waals surface area contributed by atoms with E-state index in [9.17, 15) is 9.59 Å². The highest BCUT2D eigenvalue weighted by Crippen LogP contribution is 2.25. The number of methoxy groups -OCH3 is 2. The van der Waals surface area contributed by atoms with E-state index in [0.717, 1.165) is 63.6 Å². The van der Waals surface area contributed by atoms with E-state index in [2.05, 4.69) is 0 Å². The fraction of sp³-hybridized carbons (Fsp3) is 0.167. The first-order valence-electron chi connectivity index (χ1n) is 13.8. The van der Waals surface area contributed by atoms with Gasteiger partial charge in [-0.3, -0.25) is 4.79 Å². The maximum absolute atomic E-state index is 11.0. The molecule has 8 heteroatoms. The van der Waals surface area contributed by atoms with E-state index in [1.807, 2.05) is 97.1 Å². The third-order valence-corrected chi connectivity index (χ3v) is 7.18. The summed E-state index contributed by atoms with van der Waals surface area (Å²) in [7, 11) is 3.23. The van der Waals surface area contributed by atoms with E-state index >= 15 is 0 Å². The van der Waals surface area contributed by atoms with E-state index in [-0.39, 0.29) is 0 Å². The molecule has 0 heterocycles. The summed E-state index contributed by atoms with van der Waals surface area (Å²) in [6.07, 6.45) is 5.73. The first-order chi connectivity index (χ1) is 21.3. The molecule has 1 N–H and O–H groups in total. The van der Waals surface area contributed by atoms with E-state index in [0.29, 0.717) is 17.9 Å². The first kappa shape index (κ1) is 34.0. The monoisotopic (exact) mass is 632 g/mol. The fourth-order valence-corrected chi connectivity index (χ4v) is 4.55. The summed E-state index contributed by atoms with van der Waals surface area (Å²) >= 11 is 11.8. The van der Waals surface area contributed by atoms with Gasteiger partial charge in [-0.25, -0.2) is 4.79 Å². The smallest absolute Gasteiger partial charge is 0.328 e. The third-order valence-electron chi connectivity index (χ3n) is 6.68. The predicted octanol–water partition coefficient (Wildman–Crippen LogP) is 8.94. The number of carbonyl (C=O) groups excluding carboxylic acids is 1. The Morgan fingerprint density at radius 1 is 0.659 bits per heavy atom. The summed E-state index contributed by atoms with van der Waals surface area (Å²) in [5.74, 6) is 0.593. The van der Waals surface area contributed by atoms with Crippen molar-refractivity contribution in [2.75, 3.05) is 14.2 Å². The number of ether oxygens (including phenoxy) is 3. The molecule has 0 fully saturated rings. The Kier molecular flexibility index (Phi) is 14.1. The van der Waals surface area contributed by atoms with Crippen molar-refractivity contribution in [1.29, 1.82) is 0 Å². The lowest BCUT2D eigenvalue weighted by Gasteiger charge is -2.09. The van der Waals surface area contributed by atoms with Crippen molar-refractivity contribution in [3.05, 3.63) is 142 Å². The van der Waals surface area contributed by atoms with Crippen molar-refractivity contribution in [3.8, 4) is 11.5 Å². The number of hydrogen-bond acceptors (Lipinski definition) is 5. The SMILES string of the molecule is COc1ccc(/C(=C/OC=O)CCc2ccc(Cl)cc2)cc1.COc1ccc(/C(=C\C(=O)O)CCc2ccc(Cl)cc2)cc1. The van der Waals surface area contributed by atoms with Crippen LogP contribution in [0.4, 0.5) is 0 Å². The fourth-order valence-electron chi connectivity index (χ4n) is 4.30. The van der Waals surface area contributed by atoms with Gasteiger partial charge in [0.2, 0.25) is 0 Å². The van der Waals surface area contributed by atoms with Crippen molar-refractivity contribution in [2.24, 2.45) is 0 Å². The second-order valence-electron chi connectivity index (χ2n) is 9.59. The molecule has 228 valence electrons. The van der Waals surface area contributed by atoms with Crippen molar-refractivity contribution < 1.29 is 28.9 Å². The summed E-state index contributed by atoms with van der Waals surface area (Å²) in [6, 6.07) is 30.4. The molecule has 0 bridgehead atoms. The van der Waals surface area contributed by atoms with Gasteiger partial charge in [-0.2, -0.15) is 0 Å². The van der Waals surface area contributed by atoms with Crippen LogP contribution in [0.2, 0.25) is 10.0 Å². The zero-order valence-corrected chi connectivity index (χ0v) is 26.1. The molecular formula is C36H34Cl2O6. The van der Waals surface area contributed by atoms with Gasteiger partial charge in [0.25, 0.3) is 6.47 Å². The van der Waals surface area contributed by atoms with Crippen LogP contribution >= 0.6 is 23.2 Å². The molecule has 0 aliphatic heterocycles. The van der Waals surface area contributed by atoms with E-state index < -0.39 is 5.97 Å². The summed E-state index contributed by atoms with van der Waals surface area (Å²) < 4.78 is 15.1. The summed E-state index contributed by atoms with van der Waals surface area (Å²) in [5, 5.41) is 10.5. The van der Waals surface area contributed by atoms with Crippen LogP contribution < -0.4 is 9.47 Å². The van der Waals surface area contributed by atoms with Crippen LogP contribution in [0.3, 0.4) is 0 Å². The van der Waals surface area contributed by atoms with Gasteiger partial charge in [-0.1, -0.05) is 71.7 Å². The Hall–Kier alpha value is -4.52. The molecule has 0 amide bonds. The van der Waals surface area contributed by atoms with Gasteiger partial charge in [0, 0.05) is 16.1 Å². The maximum Gasteiger partial charge on any atom is 0.328 e. The first-order valence-corrected chi connectivity index (χ1v) is 14.6. The quantitative estimate of drug-likeness (QED) is 0.0900. The lowest BCUT2D eigenvalue weighted by atomic mass is 9.98. The van der Waals surface area contributed by atoms with Gasteiger partial charge >= 0.3 is 5.97 Å². The number of carbonyl (C=O) groups is 2. The van der Waals surface area contributed by atoms with Crippen LogP contribution in [0.15, 0.2) is 109 Å². The molecule has 0 aromatic heterocycles. The second-order valence-corrected chi connectivity index (χ2v) is 10.5. The topological polar surface area (TPSA) is 82.1 Å². The Balaban J connectivity index is 0.000000240. The number of carboxylic acids is 1. The van der Waals surface area contributed by atoms with Crippen LogP contribution in [0, 0.1) is 0 Å². The number of hydrogen-bond donors (Lipinski definition) is 1. The molecule has 0 saturated heterocycles. The van der Waals surface area contributed by atoms with Crippen molar-refractivity contribution in [3.63, 3.8) is 0 Å². The minimum absolute atomic E-state index is 0.422. The number of benzene rings is 4. The average molecular weight is 634 g/mol. The van der Waals surface area contributed by atoms with E-state index in [1.54, 1.807) is 14.2 Å². The van der Waals surface area contributed by atoms with Crippen LogP contribution in [0.25, 0.3) is 11.1 Å². The molecule has 44 heavy (non-hydrogen) atoms. The number of aryl methyl sites for hydroxylation is 2. The van der Waals surface area contributed by atoms with Crippen LogP contribution in [-0.4, -0.2) is 31.8 Å². The van der Waals surface area contributed by atoms with Gasteiger partial charge in [-0.15, -0.1) is 0 Å². The zero-order chi connectivity index (χ0) is 31.7. The lowest BCUT2D eigenvalue weighted by Crippen LogP contribution is -1.95. The third kappa shape index (κ3) is 11.6. The van der Waals surface area contributed by atoms with Crippen LogP contribution in [0.1, 0.15) is 35.1 Å². The normalized spacial score (nSPS) is 11.2. The van der Waals surface area contributed by atoms with Crippen molar-refractivity contribution in [2.45, 2.75) is 25.7 Å². The van der Waals surface area contributed by atoms with Gasteiger partial charge < -0.3 is 19.3 Å². The van der Waals surface area contributed by atoms with E-state index in [1.165, 1.54) is 17.9 Å². The predicted molar refractivity (Wildman–Crippen MR) is 176 cm³/mol. The highest BCUT2D eigenvalue weighted by molar-refractivity contribution is 6.30. The number of allylic oxidation sites excluding steroid dienone is 2. The highest BCUT2D eigenvalue weighted by Gasteiger charge is 2.07. The number of rotatable bonds is 13. The van der Waals surface area contributed by atoms with E-state index in [4.69, 9.17) is 42.5 Å². The molecule has 0 radical (unpaired) electrons. The standard InChI is InChI=1S/2C18H17ClO3/c1-21-18-10-6-15(7-11-18)16(12-22-13-20)5-2-14-3-8-17(19)9-4-14;1-22-17-10-6-14(7-11-17)15(12-18(20)21)5-2-13-3-8-16(19)9-4-13/h3-4,6-13H,2,5H2,1H3;3-4,6-12H,2,5H2,1H3,(H,20,21)/b16-12+;15-12-. The summed E-state index contributed by atoms with van der Waals surface area (Å²) in [5.41, 5.74) is 5.91. The molecule has 0 atom stereocenters. The van der Waals surface area contributed by atoms with Gasteiger partial charge in [0.15, 0.2) is 0 Å². The average Bonchev–Trinajstić information content (AvgIpc) is 3.05. The molecule has 6 nitrogen and oxygen atoms in total. The number of halogens is 2. The molecule has 4 aromatic carbocycles. The van der Waals surface area contributed by atoms with Gasteiger partial charge in [-0.05, 0) is 108 Å². The maximum atomic E-state index is 11.0. The molecule has 0 aliphatic rings. The number of carboxylic acid groups (broad SMARTS) is 1. The Labute approximate surface area is 268 Å². The number of aliphatic carboxylic acids is 1. The van der Waals surface area contributed by atoms with Gasteiger partial charge in [0.05, 0.1) is 20.5 Å². The zero-order valence-electron chi connectivity index (χ0n) is 24.5. The van der Waals surface area contributed by atoms with Crippen LogP contribution in [0.5, 0.6) is 11.5 Å². The minimum atomic E-state index is -0.943. The highest BCUT2D eigenvalue weighted by atomic mass is 35.5. The molecule has 0 saturated carbocycles. The molecular weight excluding hydrogens is 599 g/mol. The lowest BCUT2D eigenvalue weighted by molar-refractivity contribution is -0.131.